The summed E-state index contributed by atoms with van der Waals surface area (Å²) in [6.07, 6.45) is 0. The first-order chi connectivity index (χ1) is 20.8. The summed E-state index contributed by atoms with van der Waals surface area (Å²) in [5.41, 5.74) is 9.00. The Hall–Kier alpha value is -5.67. The Labute approximate surface area is 243 Å². The first-order valence-electron chi connectivity index (χ1n) is 14.2. The zero-order valence-corrected chi connectivity index (χ0v) is 22.8. The van der Waals surface area contributed by atoms with Gasteiger partial charge in [-0.2, -0.15) is 0 Å². The van der Waals surface area contributed by atoms with Crippen LogP contribution in [0.4, 0.5) is 0 Å². The highest BCUT2D eigenvalue weighted by atomic mass is 16.2. The van der Waals surface area contributed by atoms with Gasteiger partial charge in [0.05, 0.1) is 22.2 Å². The summed E-state index contributed by atoms with van der Waals surface area (Å²) in [6.45, 7) is 0. The Balaban J connectivity index is 1.64. The van der Waals surface area contributed by atoms with Crippen molar-refractivity contribution in [1.29, 1.82) is 0 Å². The summed E-state index contributed by atoms with van der Waals surface area (Å²) in [6, 6.07) is 53.8. The molecule has 0 saturated carbocycles. The first kappa shape index (κ1) is 24.2. The first-order valence-corrected chi connectivity index (χ1v) is 14.2. The monoisotopic (exact) mass is 538 g/mol. The molecule has 198 valence electrons. The van der Waals surface area contributed by atoms with Crippen molar-refractivity contribution in [1.82, 2.24) is 9.13 Å². The number of carbonyl (C=O) groups excluding carboxylic acids is 1. The molecule has 0 aliphatic rings. The van der Waals surface area contributed by atoms with Gasteiger partial charge in [0, 0.05) is 33.0 Å². The van der Waals surface area contributed by atoms with Gasteiger partial charge in [0.15, 0.2) is 0 Å². The van der Waals surface area contributed by atoms with Crippen molar-refractivity contribution in [3.63, 3.8) is 0 Å². The van der Waals surface area contributed by atoms with E-state index < -0.39 is 0 Å². The van der Waals surface area contributed by atoms with Gasteiger partial charge in [-0.05, 0) is 41.5 Å². The van der Waals surface area contributed by atoms with Crippen molar-refractivity contribution < 1.29 is 4.79 Å². The lowest BCUT2D eigenvalue weighted by Gasteiger charge is -2.14. The summed E-state index contributed by atoms with van der Waals surface area (Å²) in [5.74, 6) is -0.0439. The molecular formula is C39H26N2O. The molecule has 0 bridgehead atoms. The van der Waals surface area contributed by atoms with Crippen LogP contribution in [-0.4, -0.2) is 15.0 Å². The molecule has 0 aliphatic heterocycles. The average molecular weight is 539 g/mol. The Morgan fingerprint density at radius 1 is 0.452 bits per heavy atom. The van der Waals surface area contributed by atoms with Gasteiger partial charge in [-0.3, -0.25) is 9.36 Å². The molecule has 0 unspecified atom stereocenters. The topological polar surface area (TPSA) is 26.9 Å². The maximum Gasteiger partial charge on any atom is 0.262 e. The van der Waals surface area contributed by atoms with Crippen molar-refractivity contribution in [2.45, 2.75) is 0 Å². The molecule has 8 aromatic rings. The molecule has 0 radical (unpaired) electrons. The van der Waals surface area contributed by atoms with Crippen LogP contribution >= 0.6 is 0 Å². The van der Waals surface area contributed by atoms with Gasteiger partial charge in [-0.25, -0.2) is 0 Å². The molecule has 8 rings (SSSR count). The number of para-hydroxylation sites is 2. The normalized spacial score (nSPS) is 11.4. The summed E-state index contributed by atoms with van der Waals surface area (Å²) in [5, 5.41) is 3.21. The Kier molecular flexibility index (Phi) is 5.61. The van der Waals surface area contributed by atoms with Gasteiger partial charge in [0.1, 0.15) is 0 Å². The molecule has 0 saturated heterocycles. The van der Waals surface area contributed by atoms with E-state index >= 15 is 0 Å². The van der Waals surface area contributed by atoms with E-state index in [1.165, 1.54) is 0 Å². The third kappa shape index (κ3) is 3.64. The van der Waals surface area contributed by atoms with E-state index in [-0.39, 0.29) is 5.91 Å². The fraction of sp³-hybridized carbons (Fsp3) is 0. The van der Waals surface area contributed by atoms with Crippen LogP contribution < -0.4 is 0 Å². The summed E-state index contributed by atoms with van der Waals surface area (Å²) in [7, 11) is 0. The lowest BCUT2D eigenvalue weighted by atomic mass is 9.98. The van der Waals surface area contributed by atoms with Crippen molar-refractivity contribution in [3.05, 3.63) is 163 Å². The standard InChI is InChI=1S/C39H26N2O/c42-39(29-19-9-3-10-20-29)41-34-24-14-13-23-31(34)32-25-26-33-35(27-15-5-1-6-16-27)36(28-17-7-2-8-18-28)40(38(33)37(32)41)30-21-11-4-12-22-30/h1-26H. The molecule has 6 aromatic carbocycles. The van der Waals surface area contributed by atoms with E-state index in [4.69, 9.17) is 0 Å². The summed E-state index contributed by atoms with van der Waals surface area (Å²) < 4.78 is 4.27. The van der Waals surface area contributed by atoms with E-state index in [2.05, 4.69) is 108 Å². The largest absolute Gasteiger partial charge is 0.307 e. The van der Waals surface area contributed by atoms with E-state index in [1.54, 1.807) is 0 Å². The van der Waals surface area contributed by atoms with Crippen LogP contribution in [0.1, 0.15) is 10.4 Å². The number of hydrogen-bond donors (Lipinski definition) is 0. The Morgan fingerprint density at radius 2 is 1.00 bits per heavy atom. The molecule has 42 heavy (non-hydrogen) atoms. The number of rotatable bonds is 4. The molecule has 0 spiro atoms. The molecule has 0 fully saturated rings. The molecule has 3 nitrogen and oxygen atoms in total. The maximum absolute atomic E-state index is 14.4. The summed E-state index contributed by atoms with van der Waals surface area (Å²) in [4.78, 5) is 14.4. The minimum absolute atomic E-state index is 0.0439. The van der Waals surface area contributed by atoms with Crippen LogP contribution in [-0.2, 0) is 0 Å². The highest BCUT2D eigenvalue weighted by molar-refractivity contribution is 6.25. The lowest BCUT2D eigenvalue weighted by molar-refractivity contribution is 0.0969. The second-order valence-corrected chi connectivity index (χ2v) is 10.5. The van der Waals surface area contributed by atoms with E-state index in [0.29, 0.717) is 5.56 Å². The number of carbonyl (C=O) groups is 1. The van der Waals surface area contributed by atoms with Gasteiger partial charge in [0.25, 0.3) is 5.91 Å². The lowest BCUT2D eigenvalue weighted by Crippen LogP contribution is -2.12. The smallest absolute Gasteiger partial charge is 0.262 e. The van der Waals surface area contributed by atoms with Gasteiger partial charge in [0.2, 0.25) is 0 Å². The van der Waals surface area contributed by atoms with Crippen LogP contribution in [0.15, 0.2) is 158 Å². The molecule has 2 aromatic heterocycles. The molecule has 0 aliphatic carbocycles. The van der Waals surface area contributed by atoms with Crippen molar-refractivity contribution in [2.24, 2.45) is 0 Å². The van der Waals surface area contributed by atoms with Crippen LogP contribution in [0.25, 0.3) is 60.8 Å². The average Bonchev–Trinajstić information content (AvgIpc) is 3.59. The van der Waals surface area contributed by atoms with E-state index in [0.717, 1.165) is 60.8 Å². The van der Waals surface area contributed by atoms with Gasteiger partial charge in [-0.15, -0.1) is 0 Å². The van der Waals surface area contributed by atoms with Crippen molar-refractivity contribution in [3.8, 4) is 28.1 Å². The number of aromatic nitrogens is 2. The molecular weight excluding hydrogens is 512 g/mol. The van der Waals surface area contributed by atoms with Crippen molar-refractivity contribution >= 4 is 38.6 Å². The summed E-state index contributed by atoms with van der Waals surface area (Å²) >= 11 is 0. The molecule has 2 heterocycles. The minimum atomic E-state index is -0.0439. The van der Waals surface area contributed by atoms with Gasteiger partial charge < -0.3 is 4.57 Å². The Morgan fingerprint density at radius 3 is 1.69 bits per heavy atom. The zero-order chi connectivity index (χ0) is 28.0. The predicted molar refractivity (Wildman–Crippen MR) is 173 cm³/mol. The highest BCUT2D eigenvalue weighted by Gasteiger charge is 2.27. The number of benzene rings is 6. The second kappa shape index (κ2) is 9.76. The number of nitrogens with zero attached hydrogens (tertiary/aromatic N) is 2. The SMILES string of the molecule is O=C(c1ccccc1)n1c2ccccc2c2ccc3c(-c4ccccc4)c(-c4ccccc4)n(-c4ccccc4)c3c21. The van der Waals surface area contributed by atoms with Crippen molar-refractivity contribution in [2.75, 3.05) is 0 Å². The predicted octanol–water partition coefficient (Wildman–Crippen LogP) is 9.76. The number of hydrogen-bond acceptors (Lipinski definition) is 1. The quantitative estimate of drug-likeness (QED) is 0.219. The molecule has 0 N–H and O–H groups in total. The van der Waals surface area contributed by atoms with Crippen LogP contribution in [0.5, 0.6) is 0 Å². The van der Waals surface area contributed by atoms with Crippen LogP contribution in [0.2, 0.25) is 0 Å². The van der Waals surface area contributed by atoms with Crippen LogP contribution in [0, 0.1) is 0 Å². The third-order valence-electron chi connectivity index (χ3n) is 8.11. The second-order valence-electron chi connectivity index (χ2n) is 10.5. The van der Waals surface area contributed by atoms with E-state index in [9.17, 15) is 4.79 Å². The third-order valence-corrected chi connectivity index (χ3v) is 8.11. The molecule has 3 heteroatoms. The van der Waals surface area contributed by atoms with E-state index in [1.807, 2.05) is 59.2 Å². The molecule has 0 amide bonds. The maximum atomic E-state index is 14.4. The Bertz CT molecular complexity index is 2230. The molecule has 0 atom stereocenters. The fourth-order valence-corrected chi connectivity index (χ4v) is 6.34. The zero-order valence-electron chi connectivity index (χ0n) is 22.8. The van der Waals surface area contributed by atoms with Gasteiger partial charge >= 0.3 is 0 Å². The highest BCUT2D eigenvalue weighted by Crippen LogP contribution is 2.46. The number of fused-ring (bicyclic) bond motifs is 5. The fourth-order valence-electron chi connectivity index (χ4n) is 6.34. The minimum Gasteiger partial charge on any atom is -0.307 e. The van der Waals surface area contributed by atoms with Crippen LogP contribution in [0.3, 0.4) is 0 Å². The van der Waals surface area contributed by atoms with Gasteiger partial charge in [-0.1, -0.05) is 127 Å².